The molecule has 1 heterocycles. The topological polar surface area (TPSA) is 29.5 Å². The first-order valence-electron chi connectivity index (χ1n) is 8.10. The first-order chi connectivity index (χ1) is 9.21. The fourth-order valence-corrected chi connectivity index (χ4v) is 2.96. The Hall–Kier alpha value is -0.570. The van der Waals surface area contributed by atoms with Crippen LogP contribution in [0.5, 0.6) is 0 Å². The Morgan fingerprint density at radius 1 is 1.37 bits per heavy atom. The summed E-state index contributed by atoms with van der Waals surface area (Å²) in [4.78, 5) is 14.3. The lowest BCUT2D eigenvalue weighted by molar-refractivity contribution is -0.150. The first-order valence-corrected chi connectivity index (χ1v) is 8.10. The number of likely N-dealkylation sites (tertiary alicyclic amines) is 1. The van der Waals surface area contributed by atoms with E-state index in [0.717, 1.165) is 38.4 Å². The van der Waals surface area contributed by atoms with E-state index in [1.54, 1.807) is 0 Å². The quantitative estimate of drug-likeness (QED) is 0.632. The van der Waals surface area contributed by atoms with Crippen LogP contribution in [0, 0.1) is 11.8 Å². The van der Waals surface area contributed by atoms with Crippen molar-refractivity contribution < 1.29 is 9.53 Å². The normalized spacial score (nSPS) is 22.2. The van der Waals surface area contributed by atoms with E-state index in [0.29, 0.717) is 6.61 Å². The molecule has 1 aliphatic rings. The summed E-state index contributed by atoms with van der Waals surface area (Å²) in [6, 6.07) is 0. The smallest absolute Gasteiger partial charge is 0.310 e. The molecule has 0 saturated carbocycles. The van der Waals surface area contributed by atoms with Crippen molar-refractivity contribution in [3.63, 3.8) is 0 Å². The van der Waals surface area contributed by atoms with Gasteiger partial charge in [0.05, 0.1) is 12.5 Å². The SMILES string of the molecule is CCCCC(CC)CN1CCC[C@@H](C(=O)OCC)C1. The van der Waals surface area contributed by atoms with E-state index in [9.17, 15) is 4.79 Å². The maximum Gasteiger partial charge on any atom is 0.310 e. The summed E-state index contributed by atoms with van der Waals surface area (Å²) in [6.07, 6.45) is 7.32. The zero-order valence-electron chi connectivity index (χ0n) is 13.0. The summed E-state index contributed by atoms with van der Waals surface area (Å²) in [5.41, 5.74) is 0. The maximum absolute atomic E-state index is 11.8. The summed E-state index contributed by atoms with van der Waals surface area (Å²) in [5, 5.41) is 0. The molecule has 0 N–H and O–H groups in total. The molecule has 1 saturated heterocycles. The van der Waals surface area contributed by atoms with Gasteiger partial charge < -0.3 is 9.64 Å². The highest BCUT2D eigenvalue weighted by Gasteiger charge is 2.27. The van der Waals surface area contributed by atoms with E-state index < -0.39 is 0 Å². The minimum absolute atomic E-state index is 0.00815. The fourth-order valence-electron chi connectivity index (χ4n) is 2.96. The molecular weight excluding hydrogens is 238 g/mol. The molecule has 0 bridgehead atoms. The summed E-state index contributed by atoms with van der Waals surface area (Å²) in [6.45, 7) is 10.1. The van der Waals surface area contributed by atoms with Crippen LogP contribution in [0.2, 0.25) is 0 Å². The lowest BCUT2D eigenvalue weighted by Gasteiger charge is -2.33. The molecule has 1 fully saturated rings. The molecule has 3 nitrogen and oxygen atoms in total. The van der Waals surface area contributed by atoms with Crippen molar-refractivity contribution in [1.82, 2.24) is 4.90 Å². The highest BCUT2D eigenvalue weighted by Crippen LogP contribution is 2.21. The second-order valence-corrected chi connectivity index (χ2v) is 5.77. The third kappa shape index (κ3) is 5.94. The van der Waals surface area contributed by atoms with Crippen LogP contribution in [-0.4, -0.2) is 37.1 Å². The Bertz CT molecular complexity index is 255. The average Bonchev–Trinajstić information content (AvgIpc) is 2.44. The molecule has 112 valence electrons. The largest absolute Gasteiger partial charge is 0.466 e. The Morgan fingerprint density at radius 2 is 2.16 bits per heavy atom. The zero-order chi connectivity index (χ0) is 14.1. The van der Waals surface area contributed by atoms with Crippen molar-refractivity contribution in [2.45, 2.75) is 59.3 Å². The molecule has 1 aliphatic heterocycles. The van der Waals surface area contributed by atoms with Crippen LogP contribution < -0.4 is 0 Å². The molecule has 0 aliphatic carbocycles. The second kappa shape index (κ2) is 9.35. The average molecular weight is 269 g/mol. The van der Waals surface area contributed by atoms with Crippen LogP contribution in [-0.2, 0) is 9.53 Å². The number of piperidine rings is 1. The molecule has 1 unspecified atom stereocenters. The molecule has 0 aromatic rings. The Labute approximate surface area is 118 Å². The standard InChI is InChI=1S/C16H31NO2/c1-4-7-9-14(5-2)12-17-11-8-10-15(13-17)16(18)19-6-3/h14-15H,4-13H2,1-3H3/t14?,15-/m1/s1. The van der Waals surface area contributed by atoms with Crippen LogP contribution in [0.25, 0.3) is 0 Å². The fraction of sp³-hybridized carbons (Fsp3) is 0.938. The summed E-state index contributed by atoms with van der Waals surface area (Å²) in [5.74, 6) is 0.909. The van der Waals surface area contributed by atoms with Gasteiger partial charge in [-0.05, 0) is 38.6 Å². The van der Waals surface area contributed by atoms with Gasteiger partial charge >= 0.3 is 5.97 Å². The van der Waals surface area contributed by atoms with Crippen molar-refractivity contribution in [2.75, 3.05) is 26.2 Å². The molecule has 0 aromatic heterocycles. The van der Waals surface area contributed by atoms with Gasteiger partial charge in [0.15, 0.2) is 0 Å². The van der Waals surface area contributed by atoms with Gasteiger partial charge in [0, 0.05) is 13.1 Å². The van der Waals surface area contributed by atoms with Crippen LogP contribution in [0.3, 0.4) is 0 Å². The van der Waals surface area contributed by atoms with Crippen molar-refractivity contribution in [1.29, 1.82) is 0 Å². The molecule has 3 heteroatoms. The Morgan fingerprint density at radius 3 is 2.79 bits per heavy atom. The van der Waals surface area contributed by atoms with Gasteiger partial charge in [-0.15, -0.1) is 0 Å². The number of ether oxygens (including phenoxy) is 1. The number of unbranched alkanes of at least 4 members (excludes halogenated alkanes) is 1. The molecular formula is C16H31NO2. The Kier molecular flexibility index (Phi) is 8.11. The highest BCUT2D eigenvalue weighted by molar-refractivity contribution is 5.72. The molecule has 0 radical (unpaired) electrons. The van der Waals surface area contributed by atoms with Crippen molar-refractivity contribution in [2.24, 2.45) is 11.8 Å². The van der Waals surface area contributed by atoms with Gasteiger partial charge in [-0.1, -0.05) is 33.1 Å². The lowest BCUT2D eigenvalue weighted by atomic mass is 9.94. The third-order valence-corrected chi connectivity index (χ3v) is 4.19. The predicted octanol–water partition coefficient (Wildman–Crippen LogP) is 3.48. The molecule has 0 amide bonds. The van der Waals surface area contributed by atoms with Crippen molar-refractivity contribution in [3.05, 3.63) is 0 Å². The van der Waals surface area contributed by atoms with Gasteiger partial charge in [0.2, 0.25) is 0 Å². The second-order valence-electron chi connectivity index (χ2n) is 5.77. The predicted molar refractivity (Wildman–Crippen MR) is 79.1 cm³/mol. The molecule has 1 rings (SSSR count). The third-order valence-electron chi connectivity index (χ3n) is 4.19. The zero-order valence-corrected chi connectivity index (χ0v) is 13.0. The van der Waals surface area contributed by atoms with Gasteiger partial charge in [-0.2, -0.15) is 0 Å². The summed E-state index contributed by atoms with van der Waals surface area (Å²) >= 11 is 0. The summed E-state index contributed by atoms with van der Waals surface area (Å²) < 4.78 is 5.16. The van der Waals surface area contributed by atoms with Gasteiger partial charge in [0.1, 0.15) is 0 Å². The number of nitrogens with zero attached hydrogens (tertiary/aromatic N) is 1. The van der Waals surface area contributed by atoms with Gasteiger partial charge in [0.25, 0.3) is 0 Å². The minimum Gasteiger partial charge on any atom is -0.466 e. The molecule has 19 heavy (non-hydrogen) atoms. The van der Waals surface area contributed by atoms with E-state index in [1.807, 2.05) is 6.92 Å². The number of hydrogen-bond acceptors (Lipinski definition) is 3. The van der Waals surface area contributed by atoms with E-state index in [1.165, 1.54) is 25.7 Å². The molecule has 2 atom stereocenters. The number of rotatable bonds is 8. The minimum atomic E-state index is 0.00815. The van der Waals surface area contributed by atoms with Gasteiger partial charge in [-0.25, -0.2) is 0 Å². The summed E-state index contributed by atoms with van der Waals surface area (Å²) in [7, 11) is 0. The van der Waals surface area contributed by atoms with Crippen LogP contribution in [0.15, 0.2) is 0 Å². The van der Waals surface area contributed by atoms with E-state index in [-0.39, 0.29) is 11.9 Å². The Balaban J connectivity index is 2.38. The van der Waals surface area contributed by atoms with E-state index in [2.05, 4.69) is 18.7 Å². The van der Waals surface area contributed by atoms with E-state index in [4.69, 9.17) is 4.74 Å². The monoisotopic (exact) mass is 269 g/mol. The lowest BCUT2D eigenvalue weighted by Crippen LogP contribution is -2.41. The number of hydrogen-bond donors (Lipinski definition) is 0. The van der Waals surface area contributed by atoms with Crippen LogP contribution in [0.4, 0.5) is 0 Å². The highest BCUT2D eigenvalue weighted by atomic mass is 16.5. The van der Waals surface area contributed by atoms with Crippen LogP contribution >= 0.6 is 0 Å². The maximum atomic E-state index is 11.8. The van der Waals surface area contributed by atoms with Gasteiger partial charge in [-0.3, -0.25) is 4.79 Å². The number of esters is 1. The number of carbonyl (C=O) groups is 1. The van der Waals surface area contributed by atoms with Crippen molar-refractivity contribution >= 4 is 5.97 Å². The van der Waals surface area contributed by atoms with Crippen LogP contribution in [0.1, 0.15) is 59.3 Å². The molecule has 0 aromatic carbocycles. The van der Waals surface area contributed by atoms with E-state index >= 15 is 0 Å². The van der Waals surface area contributed by atoms with Crippen molar-refractivity contribution in [3.8, 4) is 0 Å². The number of carbonyl (C=O) groups excluding carboxylic acids is 1. The first kappa shape index (κ1) is 16.5. The molecule has 0 spiro atoms.